The minimum absolute atomic E-state index is 0.200. The van der Waals surface area contributed by atoms with E-state index in [1.807, 2.05) is 30.9 Å². The van der Waals surface area contributed by atoms with E-state index in [1.54, 1.807) is 0 Å². The molecule has 1 atom stereocenters. The fourth-order valence-corrected chi connectivity index (χ4v) is 3.28. The summed E-state index contributed by atoms with van der Waals surface area (Å²) < 4.78 is 5.73. The smallest absolute Gasteiger partial charge is 0.231 e. The number of aliphatic hydroxyl groups excluding tert-OH is 1. The van der Waals surface area contributed by atoms with E-state index in [9.17, 15) is 9.90 Å². The van der Waals surface area contributed by atoms with Crippen LogP contribution in [0.15, 0.2) is 18.2 Å². The molecule has 1 aliphatic carbocycles. The summed E-state index contributed by atoms with van der Waals surface area (Å²) in [6.45, 7) is 4.86. The summed E-state index contributed by atoms with van der Waals surface area (Å²) >= 11 is 0. The number of amides is 1. The van der Waals surface area contributed by atoms with E-state index < -0.39 is 6.10 Å². The second-order valence-corrected chi connectivity index (χ2v) is 6.57. The van der Waals surface area contributed by atoms with E-state index in [0.717, 1.165) is 24.2 Å². The number of rotatable bonds is 8. The predicted octanol–water partition coefficient (Wildman–Crippen LogP) is 1.77. The molecule has 0 bridgehead atoms. The molecule has 2 rings (SSSR count). The summed E-state index contributed by atoms with van der Waals surface area (Å²) in [5, 5.41) is 10.3. The molecule has 5 nitrogen and oxygen atoms in total. The Morgan fingerprint density at radius 3 is 2.70 bits per heavy atom. The van der Waals surface area contributed by atoms with Gasteiger partial charge >= 0.3 is 0 Å². The Balaban J connectivity index is 1.87. The molecular weight excluding hydrogens is 292 g/mol. The van der Waals surface area contributed by atoms with Crippen molar-refractivity contribution < 1.29 is 14.6 Å². The van der Waals surface area contributed by atoms with Crippen LogP contribution in [0.2, 0.25) is 0 Å². The van der Waals surface area contributed by atoms with Crippen molar-refractivity contribution in [3.05, 3.63) is 29.3 Å². The lowest BCUT2D eigenvalue weighted by Crippen LogP contribution is -2.45. The topological polar surface area (TPSA) is 75.8 Å². The Bertz CT molecular complexity index is 527. The number of carbonyl (C=O) groups excluding carboxylic acids is 1. The highest BCUT2D eigenvalue weighted by atomic mass is 16.5. The lowest BCUT2D eigenvalue weighted by molar-refractivity contribution is -0.120. The fraction of sp³-hybridized carbons (Fsp3) is 0.611. The van der Waals surface area contributed by atoms with Gasteiger partial charge in [-0.1, -0.05) is 30.5 Å². The van der Waals surface area contributed by atoms with E-state index in [0.29, 0.717) is 12.6 Å². The van der Waals surface area contributed by atoms with Gasteiger partial charge in [0.1, 0.15) is 18.5 Å². The number of hydrogen-bond acceptors (Lipinski definition) is 4. The standard InChI is InChI=1S/C18H28N2O3/c1-13-7-8-17(14(2)9-13)23-12-16(21)10-20(11-18(19)22)15-5-3-4-6-15/h7-9,15-16,21H,3-6,10-12H2,1-2H3,(H2,19,22). The van der Waals surface area contributed by atoms with Gasteiger partial charge in [0, 0.05) is 12.6 Å². The number of carbonyl (C=O) groups is 1. The molecule has 0 saturated heterocycles. The van der Waals surface area contributed by atoms with Gasteiger partial charge in [0.2, 0.25) is 5.91 Å². The molecule has 23 heavy (non-hydrogen) atoms. The predicted molar refractivity (Wildman–Crippen MR) is 90.4 cm³/mol. The van der Waals surface area contributed by atoms with Gasteiger partial charge in [-0.15, -0.1) is 0 Å². The number of nitrogens with zero attached hydrogens (tertiary/aromatic N) is 1. The molecule has 1 aromatic rings. The molecule has 1 saturated carbocycles. The van der Waals surface area contributed by atoms with Crippen molar-refractivity contribution in [2.45, 2.75) is 51.7 Å². The summed E-state index contributed by atoms with van der Waals surface area (Å²) in [5.74, 6) is 0.441. The Morgan fingerprint density at radius 2 is 2.09 bits per heavy atom. The first-order valence-electron chi connectivity index (χ1n) is 8.36. The van der Waals surface area contributed by atoms with Crippen molar-refractivity contribution >= 4 is 5.91 Å². The maximum atomic E-state index is 11.3. The number of aryl methyl sites for hydroxylation is 2. The lowest BCUT2D eigenvalue weighted by atomic mass is 10.1. The van der Waals surface area contributed by atoms with E-state index in [-0.39, 0.29) is 19.1 Å². The fourth-order valence-electron chi connectivity index (χ4n) is 3.28. The third-order valence-electron chi connectivity index (χ3n) is 4.41. The van der Waals surface area contributed by atoms with Gasteiger partial charge in [0.05, 0.1) is 6.54 Å². The molecule has 1 unspecified atom stereocenters. The van der Waals surface area contributed by atoms with Crippen LogP contribution in [-0.2, 0) is 4.79 Å². The first-order valence-corrected chi connectivity index (χ1v) is 8.36. The van der Waals surface area contributed by atoms with Gasteiger partial charge in [-0.3, -0.25) is 9.69 Å². The van der Waals surface area contributed by atoms with Crippen molar-refractivity contribution in [2.75, 3.05) is 19.7 Å². The van der Waals surface area contributed by atoms with E-state index in [1.165, 1.54) is 18.4 Å². The van der Waals surface area contributed by atoms with Crippen LogP contribution in [-0.4, -0.2) is 47.8 Å². The van der Waals surface area contributed by atoms with Gasteiger partial charge in [0.25, 0.3) is 0 Å². The number of aliphatic hydroxyl groups is 1. The number of benzene rings is 1. The number of ether oxygens (including phenoxy) is 1. The summed E-state index contributed by atoms with van der Waals surface area (Å²) in [4.78, 5) is 13.3. The first-order chi connectivity index (χ1) is 11.0. The highest BCUT2D eigenvalue weighted by Crippen LogP contribution is 2.24. The van der Waals surface area contributed by atoms with Gasteiger partial charge in [-0.2, -0.15) is 0 Å². The van der Waals surface area contributed by atoms with Crippen LogP contribution in [0.5, 0.6) is 5.75 Å². The SMILES string of the molecule is Cc1ccc(OCC(O)CN(CC(N)=O)C2CCCC2)c(C)c1. The van der Waals surface area contributed by atoms with Crippen LogP contribution >= 0.6 is 0 Å². The highest BCUT2D eigenvalue weighted by molar-refractivity contribution is 5.75. The molecule has 0 aromatic heterocycles. The molecule has 1 amide bonds. The maximum absolute atomic E-state index is 11.3. The van der Waals surface area contributed by atoms with Crippen LogP contribution in [0.25, 0.3) is 0 Å². The molecule has 0 heterocycles. The number of primary amides is 1. The van der Waals surface area contributed by atoms with Gasteiger partial charge in [-0.05, 0) is 38.3 Å². The molecule has 128 valence electrons. The maximum Gasteiger partial charge on any atom is 0.231 e. The molecule has 1 aromatic carbocycles. The average Bonchev–Trinajstić information content (AvgIpc) is 2.99. The largest absolute Gasteiger partial charge is 0.491 e. The zero-order valence-electron chi connectivity index (χ0n) is 14.1. The second kappa shape index (κ2) is 8.31. The van der Waals surface area contributed by atoms with Gasteiger partial charge in [-0.25, -0.2) is 0 Å². The van der Waals surface area contributed by atoms with Crippen molar-refractivity contribution in [3.8, 4) is 5.75 Å². The quantitative estimate of drug-likeness (QED) is 0.765. The monoisotopic (exact) mass is 320 g/mol. The van der Waals surface area contributed by atoms with Crippen LogP contribution in [0.4, 0.5) is 0 Å². The molecule has 0 aliphatic heterocycles. The van der Waals surface area contributed by atoms with Crippen LogP contribution < -0.4 is 10.5 Å². The Kier molecular flexibility index (Phi) is 6.42. The van der Waals surface area contributed by atoms with Crippen molar-refractivity contribution in [1.82, 2.24) is 4.90 Å². The summed E-state index contributed by atoms with van der Waals surface area (Å²) in [5.41, 5.74) is 7.58. The normalized spacial score (nSPS) is 16.7. The lowest BCUT2D eigenvalue weighted by Gasteiger charge is -2.29. The molecule has 0 radical (unpaired) electrons. The van der Waals surface area contributed by atoms with Crippen molar-refractivity contribution in [1.29, 1.82) is 0 Å². The summed E-state index contributed by atoms with van der Waals surface area (Å²) in [6, 6.07) is 6.32. The molecule has 5 heteroatoms. The first kappa shape index (κ1) is 17.8. The Hall–Kier alpha value is -1.59. The Labute approximate surface area is 138 Å². The Morgan fingerprint density at radius 1 is 1.39 bits per heavy atom. The molecular formula is C18H28N2O3. The van der Waals surface area contributed by atoms with E-state index in [2.05, 4.69) is 6.07 Å². The molecule has 3 N–H and O–H groups in total. The van der Waals surface area contributed by atoms with Gasteiger partial charge in [0.15, 0.2) is 0 Å². The number of hydrogen-bond donors (Lipinski definition) is 2. The van der Waals surface area contributed by atoms with Crippen molar-refractivity contribution in [2.24, 2.45) is 5.73 Å². The summed E-state index contributed by atoms with van der Waals surface area (Å²) in [7, 11) is 0. The van der Waals surface area contributed by atoms with Crippen LogP contribution in [0.3, 0.4) is 0 Å². The second-order valence-electron chi connectivity index (χ2n) is 6.57. The molecule has 1 aliphatic rings. The van der Waals surface area contributed by atoms with Crippen LogP contribution in [0, 0.1) is 13.8 Å². The third-order valence-corrected chi connectivity index (χ3v) is 4.41. The minimum Gasteiger partial charge on any atom is -0.491 e. The van der Waals surface area contributed by atoms with E-state index >= 15 is 0 Å². The highest BCUT2D eigenvalue weighted by Gasteiger charge is 2.25. The van der Waals surface area contributed by atoms with E-state index in [4.69, 9.17) is 10.5 Å². The summed E-state index contributed by atoms with van der Waals surface area (Å²) in [6.07, 6.45) is 3.84. The van der Waals surface area contributed by atoms with Crippen molar-refractivity contribution in [3.63, 3.8) is 0 Å². The minimum atomic E-state index is -0.643. The van der Waals surface area contributed by atoms with Gasteiger partial charge < -0.3 is 15.6 Å². The van der Waals surface area contributed by atoms with Crippen LogP contribution in [0.1, 0.15) is 36.8 Å². The zero-order chi connectivity index (χ0) is 16.8. The molecule has 0 spiro atoms. The molecule has 1 fully saturated rings. The average molecular weight is 320 g/mol. The number of nitrogens with two attached hydrogens (primary N) is 1. The zero-order valence-corrected chi connectivity index (χ0v) is 14.1. The third kappa shape index (κ3) is 5.52.